The molecule has 0 unspecified atom stereocenters. The fourth-order valence-corrected chi connectivity index (χ4v) is 5.67. The maximum absolute atomic E-state index is 14.6. The number of anilines is 1. The SMILES string of the molecule is CS(=O)(=O)N1CCN(c2ncc3nn(-c4cc(C(F)(F)F)c(F)c(O)c4F)cc3n2)C[C@@H]1Cc1ccccc1. The van der Waals surface area contributed by atoms with Crippen LogP contribution in [0.15, 0.2) is 48.8 Å². The lowest BCUT2D eigenvalue weighted by Crippen LogP contribution is -2.56. The van der Waals surface area contributed by atoms with E-state index in [1.807, 2.05) is 30.3 Å². The summed E-state index contributed by atoms with van der Waals surface area (Å²) in [5.41, 5.74) is -1.49. The first-order valence-corrected chi connectivity index (χ1v) is 13.4. The van der Waals surface area contributed by atoms with Gasteiger partial charge >= 0.3 is 6.18 Å². The first-order chi connectivity index (χ1) is 18.3. The van der Waals surface area contributed by atoms with Gasteiger partial charge in [-0.15, -0.1) is 0 Å². The van der Waals surface area contributed by atoms with Crippen molar-refractivity contribution < 1.29 is 35.5 Å². The molecule has 1 N–H and O–H groups in total. The van der Waals surface area contributed by atoms with E-state index in [9.17, 15) is 35.5 Å². The van der Waals surface area contributed by atoms with E-state index in [-0.39, 0.29) is 42.7 Å². The first-order valence-electron chi connectivity index (χ1n) is 11.6. The number of fused-ring (bicyclic) bond motifs is 1. The summed E-state index contributed by atoms with van der Waals surface area (Å²) in [6.45, 7) is 0.710. The molecule has 2 aromatic carbocycles. The number of sulfonamides is 1. The highest BCUT2D eigenvalue weighted by molar-refractivity contribution is 7.88. The highest BCUT2D eigenvalue weighted by Crippen LogP contribution is 2.38. The molecule has 1 fully saturated rings. The van der Waals surface area contributed by atoms with E-state index < -0.39 is 50.9 Å². The Labute approximate surface area is 219 Å². The van der Waals surface area contributed by atoms with Crippen molar-refractivity contribution in [2.75, 3.05) is 30.8 Å². The predicted octanol–water partition coefficient (Wildman–Crippen LogP) is 3.51. The third-order valence-electron chi connectivity index (χ3n) is 6.41. The van der Waals surface area contributed by atoms with Crippen LogP contribution in [0, 0.1) is 11.6 Å². The van der Waals surface area contributed by atoms with Gasteiger partial charge in [0.1, 0.15) is 16.7 Å². The molecule has 15 heteroatoms. The third kappa shape index (κ3) is 5.23. The van der Waals surface area contributed by atoms with Crippen LogP contribution in [0.4, 0.5) is 27.9 Å². The molecule has 206 valence electrons. The molecule has 0 radical (unpaired) electrons. The van der Waals surface area contributed by atoms with E-state index in [0.717, 1.165) is 18.0 Å². The number of rotatable bonds is 5. The Morgan fingerprint density at radius 3 is 2.46 bits per heavy atom. The summed E-state index contributed by atoms with van der Waals surface area (Å²) in [5, 5.41) is 13.6. The van der Waals surface area contributed by atoms with Crippen molar-refractivity contribution in [3.05, 3.63) is 71.6 Å². The number of piperazine rings is 1. The highest BCUT2D eigenvalue weighted by atomic mass is 32.2. The maximum Gasteiger partial charge on any atom is 0.419 e. The zero-order chi connectivity index (χ0) is 28.1. The van der Waals surface area contributed by atoms with E-state index in [1.165, 1.54) is 10.5 Å². The van der Waals surface area contributed by atoms with Gasteiger partial charge in [0.2, 0.25) is 16.0 Å². The number of hydrogen-bond donors (Lipinski definition) is 1. The number of aromatic nitrogens is 4. The number of nitrogens with zero attached hydrogens (tertiary/aromatic N) is 6. The van der Waals surface area contributed by atoms with E-state index >= 15 is 0 Å². The molecule has 1 aliphatic heterocycles. The molecule has 9 nitrogen and oxygen atoms in total. The van der Waals surface area contributed by atoms with Gasteiger partial charge in [-0.3, -0.25) is 0 Å². The summed E-state index contributed by atoms with van der Waals surface area (Å²) >= 11 is 0. The van der Waals surface area contributed by atoms with E-state index in [4.69, 9.17) is 0 Å². The number of phenols is 1. The minimum atomic E-state index is -5.19. The molecule has 0 saturated carbocycles. The fraction of sp³-hybridized carbons (Fsp3) is 0.292. The second-order valence-electron chi connectivity index (χ2n) is 9.10. The fourth-order valence-electron chi connectivity index (χ4n) is 4.58. The molecule has 3 heterocycles. The number of phenolic OH excluding ortho intramolecular Hbond substituents is 1. The highest BCUT2D eigenvalue weighted by Gasteiger charge is 2.38. The van der Waals surface area contributed by atoms with E-state index in [1.54, 1.807) is 4.90 Å². The molecule has 0 bridgehead atoms. The van der Waals surface area contributed by atoms with Gasteiger partial charge < -0.3 is 10.0 Å². The summed E-state index contributed by atoms with van der Waals surface area (Å²) in [7, 11) is -3.50. The summed E-state index contributed by atoms with van der Waals surface area (Å²) in [6.07, 6.45) is -1.18. The summed E-state index contributed by atoms with van der Waals surface area (Å²) in [6, 6.07) is 9.16. The number of benzene rings is 2. The zero-order valence-corrected chi connectivity index (χ0v) is 21.1. The Bertz CT molecular complexity index is 1650. The Hall–Kier alpha value is -3.85. The maximum atomic E-state index is 14.6. The summed E-state index contributed by atoms with van der Waals surface area (Å²) in [5.74, 6) is -5.31. The lowest BCUT2D eigenvalue weighted by atomic mass is 10.0. The second-order valence-corrected chi connectivity index (χ2v) is 11.0. The van der Waals surface area contributed by atoms with Crippen LogP contribution in [-0.4, -0.2) is 69.5 Å². The van der Waals surface area contributed by atoms with Crippen molar-refractivity contribution in [1.29, 1.82) is 0 Å². The molecule has 2 aromatic heterocycles. The van der Waals surface area contributed by atoms with Crippen LogP contribution >= 0.6 is 0 Å². The van der Waals surface area contributed by atoms with Gasteiger partial charge in [0.05, 0.1) is 24.2 Å². The quantitative estimate of drug-likeness (QED) is 0.368. The largest absolute Gasteiger partial charge is 0.503 e. The molecular weight excluding hydrogens is 547 g/mol. The van der Waals surface area contributed by atoms with Crippen molar-refractivity contribution in [3.8, 4) is 11.4 Å². The third-order valence-corrected chi connectivity index (χ3v) is 7.74. The Morgan fingerprint density at radius 2 is 1.79 bits per heavy atom. The van der Waals surface area contributed by atoms with Crippen molar-refractivity contribution in [2.45, 2.75) is 18.6 Å². The van der Waals surface area contributed by atoms with Crippen LogP contribution in [-0.2, 0) is 22.6 Å². The molecule has 4 aromatic rings. The lowest BCUT2D eigenvalue weighted by Gasteiger charge is -2.40. The molecule has 5 rings (SSSR count). The van der Waals surface area contributed by atoms with Gasteiger partial charge in [0.25, 0.3) is 0 Å². The summed E-state index contributed by atoms with van der Waals surface area (Å²) in [4.78, 5) is 10.4. The smallest absolute Gasteiger partial charge is 0.419 e. The molecule has 1 atom stereocenters. The van der Waals surface area contributed by atoms with Crippen LogP contribution in [0.3, 0.4) is 0 Å². The van der Waals surface area contributed by atoms with Crippen LogP contribution in [0.25, 0.3) is 16.7 Å². The average molecular weight is 569 g/mol. The van der Waals surface area contributed by atoms with Gasteiger partial charge in [0, 0.05) is 25.7 Å². The molecule has 0 aliphatic carbocycles. The molecular formula is C24H21F5N6O3S. The van der Waals surface area contributed by atoms with Gasteiger partial charge in [-0.05, 0) is 18.1 Å². The molecule has 39 heavy (non-hydrogen) atoms. The minimum Gasteiger partial charge on any atom is -0.503 e. The van der Waals surface area contributed by atoms with Gasteiger partial charge in [-0.2, -0.15) is 22.6 Å². The van der Waals surface area contributed by atoms with Crippen molar-refractivity contribution in [3.63, 3.8) is 0 Å². The lowest BCUT2D eigenvalue weighted by molar-refractivity contribution is -0.140. The zero-order valence-electron chi connectivity index (χ0n) is 20.3. The van der Waals surface area contributed by atoms with Gasteiger partial charge in [0.15, 0.2) is 17.4 Å². The second kappa shape index (κ2) is 9.72. The Kier molecular flexibility index (Phi) is 6.66. The molecule has 1 saturated heterocycles. The van der Waals surface area contributed by atoms with Crippen LogP contribution < -0.4 is 4.90 Å². The number of halogens is 5. The number of hydrogen-bond acceptors (Lipinski definition) is 7. The van der Waals surface area contributed by atoms with Crippen molar-refractivity contribution in [2.24, 2.45) is 0 Å². The predicted molar refractivity (Wildman–Crippen MR) is 131 cm³/mol. The van der Waals surface area contributed by atoms with Crippen molar-refractivity contribution in [1.82, 2.24) is 24.1 Å². The average Bonchev–Trinajstić information content (AvgIpc) is 3.29. The normalized spacial score (nSPS) is 17.2. The number of alkyl halides is 3. The minimum absolute atomic E-state index is 0.103. The van der Waals surface area contributed by atoms with Gasteiger partial charge in [-0.25, -0.2) is 31.8 Å². The first kappa shape index (κ1) is 26.7. The van der Waals surface area contributed by atoms with Crippen LogP contribution in [0.5, 0.6) is 5.75 Å². The molecule has 0 amide bonds. The van der Waals surface area contributed by atoms with E-state index in [2.05, 4.69) is 15.1 Å². The topological polar surface area (TPSA) is 104 Å². The Morgan fingerprint density at radius 1 is 1.08 bits per heavy atom. The van der Waals surface area contributed by atoms with Crippen LogP contribution in [0.1, 0.15) is 11.1 Å². The molecule has 1 aliphatic rings. The van der Waals surface area contributed by atoms with Gasteiger partial charge in [-0.1, -0.05) is 30.3 Å². The van der Waals surface area contributed by atoms with Crippen LogP contribution in [0.2, 0.25) is 0 Å². The summed E-state index contributed by atoms with van der Waals surface area (Å²) < 4.78 is 95.1. The molecule has 0 spiro atoms. The number of aromatic hydroxyl groups is 1. The van der Waals surface area contributed by atoms with E-state index in [0.29, 0.717) is 11.1 Å². The standard InChI is InChI=1S/C24H21F5N6O3S/c1-39(37,38)35-8-7-33(12-15(35)9-14-5-3-2-4-6-14)23-30-11-17-18(31-23)13-34(32-17)19-10-16(24(27,28)29)20(25)22(36)21(19)26/h2-6,10-11,13,15,36H,7-9,12H2,1H3/t15-/m0/s1. The monoisotopic (exact) mass is 568 g/mol. The Balaban J connectivity index is 1.47. The van der Waals surface area contributed by atoms with Crippen molar-refractivity contribution >= 4 is 27.0 Å².